The molecule has 0 aliphatic heterocycles. The molecule has 2 aliphatic carbocycles. The molecule has 2 unspecified atom stereocenters. The third-order valence-corrected chi connectivity index (χ3v) is 4.50. The Hall–Kier alpha value is -2.47. The van der Waals surface area contributed by atoms with Crippen molar-refractivity contribution < 1.29 is 14.9 Å². The zero-order chi connectivity index (χ0) is 16.4. The maximum Gasteiger partial charge on any atom is 0.235 e. The first kappa shape index (κ1) is 15.4. The second-order valence-electron chi connectivity index (χ2n) is 5.91. The second kappa shape index (κ2) is 6.34. The lowest BCUT2D eigenvalue weighted by Gasteiger charge is -2.31. The molecular weight excluding hydrogens is 296 g/mol. The fourth-order valence-corrected chi connectivity index (χ4v) is 3.28. The fourth-order valence-electron chi connectivity index (χ4n) is 3.28. The van der Waals surface area contributed by atoms with Crippen molar-refractivity contribution in [2.45, 2.75) is 37.8 Å². The molecule has 120 valence electrons. The second-order valence-corrected chi connectivity index (χ2v) is 5.91. The molecule has 1 fully saturated rings. The Labute approximate surface area is 133 Å². The molecule has 6 heteroatoms. The first-order valence-corrected chi connectivity index (χ1v) is 7.72. The topological polar surface area (TPSA) is 83.7 Å². The molecule has 1 saturated carbocycles. The zero-order valence-electron chi connectivity index (χ0n) is 12.6. The van der Waals surface area contributed by atoms with Gasteiger partial charge in [0.05, 0.1) is 0 Å². The van der Waals surface area contributed by atoms with Crippen LogP contribution in [0, 0.1) is 10.1 Å². The van der Waals surface area contributed by atoms with Crippen LogP contribution >= 0.6 is 0 Å². The number of nitro groups is 1. The summed E-state index contributed by atoms with van der Waals surface area (Å²) >= 11 is 0. The Morgan fingerprint density at radius 3 is 2.74 bits per heavy atom. The van der Waals surface area contributed by atoms with Crippen LogP contribution in [0.1, 0.15) is 36.8 Å². The van der Waals surface area contributed by atoms with Crippen LogP contribution in [0.2, 0.25) is 0 Å². The van der Waals surface area contributed by atoms with Crippen LogP contribution in [0.5, 0.6) is 0 Å². The number of carbonyl (C=O) groups excluding carboxylic acids is 1. The molecule has 1 N–H and O–H groups in total. The lowest BCUT2D eigenvalue weighted by Crippen LogP contribution is -2.45. The lowest BCUT2D eigenvalue weighted by atomic mass is 9.89. The molecule has 6 nitrogen and oxygen atoms in total. The SMILES string of the molecule is O=C1C=Cc2ccccc2/C1=C\N(O)C1CCCCC1[N+](=O)[O-]. The van der Waals surface area contributed by atoms with E-state index in [0.29, 0.717) is 18.4 Å². The van der Waals surface area contributed by atoms with Crippen molar-refractivity contribution in [1.29, 1.82) is 0 Å². The maximum atomic E-state index is 12.2. The van der Waals surface area contributed by atoms with E-state index in [1.165, 1.54) is 12.3 Å². The summed E-state index contributed by atoms with van der Waals surface area (Å²) in [5.41, 5.74) is 1.98. The number of fused-ring (bicyclic) bond motifs is 1. The van der Waals surface area contributed by atoms with Crippen LogP contribution in [-0.2, 0) is 4.79 Å². The molecule has 2 atom stereocenters. The number of carbonyl (C=O) groups is 1. The van der Waals surface area contributed by atoms with E-state index in [2.05, 4.69) is 0 Å². The molecule has 0 radical (unpaired) electrons. The minimum Gasteiger partial charge on any atom is -0.289 e. The van der Waals surface area contributed by atoms with Gasteiger partial charge in [-0.3, -0.25) is 25.2 Å². The molecule has 23 heavy (non-hydrogen) atoms. The van der Waals surface area contributed by atoms with Gasteiger partial charge in [0.2, 0.25) is 6.04 Å². The normalized spacial score (nSPS) is 25.3. The molecule has 0 saturated heterocycles. The fraction of sp³-hybridized carbons (Fsp3) is 0.353. The number of hydrogen-bond donors (Lipinski definition) is 1. The van der Waals surface area contributed by atoms with Crippen LogP contribution in [-0.4, -0.2) is 33.1 Å². The van der Waals surface area contributed by atoms with E-state index in [0.717, 1.165) is 29.0 Å². The van der Waals surface area contributed by atoms with Crippen molar-refractivity contribution in [2.24, 2.45) is 0 Å². The number of hydrogen-bond acceptors (Lipinski definition) is 5. The Bertz CT molecular complexity index is 696. The third kappa shape index (κ3) is 3.03. The van der Waals surface area contributed by atoms with Gasteiger partial charge >= 0.3 is 0 Å². The van der Waals surface area contributed by atoms with E-state index in [1.54, 1.807) is 6.08 Å². The predicted molar refractivity (Wildman–Crippen MR) is 85.1 cm³/mol. The summed E-state index contributed by atoms with van der Waals surface area (Å²) in [7, 11) is 0. The van der Waals surface area contributed by atoms with Crippen LogP contribution in [0.15, 0.2) is 36.5 Å². The molecule has 3 rings (SSSR count). The van der Waals surface area contributed by atoms with Crippen molar-refractivity contribution in [3.63, 3.8) is 0 Å². The van der Waals surface area contributed by atoms with Gasteiger partial charge in [-0.05, 0) is 30.0 Å². The average Bonchev–Trinajstić information content (AvgIpc) is 2.57. The Morgan fingerprint density at radius 1 is 1.22 bits per heavy atom. The van der Waals surface area contributed by atoms with Gasteiger partial charge in [0.15, 0.2) is 5.78 Å². The molecule has 0 heterocycles. The number of rotatable bonds is 3. The van der Waals surface area contributed by atoms with E-state index >= 15 is 0 Å². The van der Waals surface area contributed by atoms with E-state index in [-0.39, 0.29) is 10.7 Å². The van der Waals surface area contributed by atoms with Gasteiger partial charge in [0.1, 0.15) is 6.04 Å². The molecule has 2 aliphatic rings. The summed E-state index contributed by atoms with van der Waals surface area (Å²) in [6.07, 6.45) is 7.14. The Morgan fingerprint density at radius 2 is 1.96 bits per heavy atom. The van der Waals surface area contributed by atoms with E-state index in [1.807, 2.05) is 24.3 Å². The van der Waals surface area contributed by atoms with E-state index in [4.69, 9.17) is 0 Å². The highest BCUT2D eigenvalue weighted by Crippen LogP contribution is 2.29. The van der Waals surface area contributed by atoms with Crippen molar-refractivity contribution in [1.82, 2.24) is 5.06 Å². The van der Waals surface area contributed by atoms with E-state index in [9.17, 15) is 20.1 Å². The van der Waals surface area contributed by atoms with Crippen molar-refractivity contribution in [2.75, 3.05) is 0 Å². The molecule has 0 amide bonds. The van der Waals surface area contributed by atoms with Gasteiger partial charge in [-0.15, -0.1) is 0 Å². The smallest absolute Gasteiger partial charge is 0.235 e. The monoisotopic (exact) mass is 314 g/mol. The first-order chi connectivity index (χ1) is 11.1. The number of nitrogens with zero attached hydrogens (tertiary/aromatic N) is 2. The standard InChI is InChI=1S/C17H18N2O4/c20-17-10-9-12-5-1-2-6-13(12)14(17)11-18(21)15-7-3-4-8-16(15)19(22)23/h1-2,5-6,9-11,15-16,21H,3-4,7-8H2/b14-11+. The van der Waals surface area contributed by atoms with Crippen molar-refractivity contribution in [3.05, 3.63) is 57.8 Å². The minimum atomic E-state index is -0.810. The first-order valence-electron chi connectivity index (χ1n) is 7.72. The summed E-state index contributed by atoms with van der Waals surface area (Å²) in [5, 5.41) is 22.4. The highest BCUT2D eigenvalue weighted by Gasteiger charge is 2.37. The summed E-state index contributed by atoms with van der Waals surface area (Å²) < 4.78 is 0. The highest BCUT2D eigenvalue weighted by atomic mass is 16.6. The summed E-state index contributed by atoms with van der Waals surface area (Å²) in [5.74, 6) is -0.212. The Balaban J connectivity index is 1.92. The summed E-state index contributed by atoms with van der Waals surface area (Å²) in [4.78, 5) is 23.0. The largest absolute Gasteiger partial charge is 0.289 e. The van der Waals surface area contributed by atoms with Crippen LogP contribution < -0.4 is 0 Å². The highest BCUT2D eigenvalue weighted by molar-refractivity contribution is 6.29. The van der Waals surface area contributed by atoms with Gasteiger partial charge in [-0.1, -0.05) is 36.8 Å². The lowest BCUT2D eigenvalue weighted by molar-refractivity contribution is -0.537. The number of benzene rings is 1. The van der Waals surface area contributed by atoms with Crippen LogP contribution in [0.3, 0.4) is 0 Å². The van der Waals surface area contributed by atoms with Crippen LogP contribution in [0.4, 0.5) is 0 Å². The molecule has 1 aromatic rings. The average molecular weight is 314 g/mol. The van der Waals surface area contributed by atoms with Gasteiger partial charge in [-0.25, -0.2) is 0 Å². The molecule has 0 spiro atoms. The van der Waals surface area contributed by atoms with Crippen molar-refractivity contribution >= 4 is 17.4 Å². The summed E-state index contributed by atoms with van der Waals surface area (Å²) in [6.45, 7) is 0. The van der Waals surface area contributed by atoms with E-state index < -0.39 is 12.1 Å². The van der Waals surface area contributed by atoms with Gasteiger partial charge in [-0.2, -0.15) is 0 Å². The van der Waals surface area contributed by atoms with Crippen LogP contribution in [0.25, 0.3) is 11.6 Å². The molecule has 0 bridgehead atoms. The van der Waals surface area contributed by atoms with Gasteiger partial charge in [0, 0.05) is 23.1 Å². The molecule has 0 aromatic heterocycles. The third-order valence-electron chi connectivity index (χ3n) is 4.50. The predicted octanol–water partition coefficient (Wildman–Crippen LogP) is 2.90. The molecule has 1 aromatic carbocycles. The van der Waals surface area contributed by atoms with Gasteiger partial charge in [0.25, 0.3) is 0 Å². The Kier molecular flexibility index (Phi) is 4.25. The molecular formula is C17H18N2O4. The quantitative estimate of drug-likeness (QED) is 0.527. The summed E-state index contributed by atoms with van der Waals surface area (Å²) in [6, 6.07) is 5.97. The minimum absolute atomic E-state index is 0.212. The number of allylic oxidation sites excluding steroid dienone is 2. The number of hydroxylamine groups is 2. The maximum absolute atomic E-state index is 12.2. The van der Waals surface area contributed by atoms with Crippen molar-refractivity contribution in [3.8, 4) is 0 Å². The number of ketones is 1. The zero-order valence-corrected chi connectivity index (χ0v) is 12.6. The van der Waals surface area contributed by atoms with Gasteiger partial charge < -0.3 is 0 Å².